The monoisotopic (exact) mass is 675 g/mol. The Morgan fingerprint density at radius 2 is 1.64 bits per heavy atom. The van der Waals surface area contributed by atoms with E-state index in [-0.39, 0.29) is 32.6 Å². The van der Waals surface area contributed by atoms with Crippen molar-refractivity contribution in [1.29, 1.82) is 0 Å². The van der Waals surface area contributed by atoms with Crippen LogP contribution in [0.2, 0.25) is 5.02 Å². The third-order valence-corrected chi connectivity index (χ3v) is 11.2. The van der Waals surface area contributed by atoms with E-state index in [1.54, 1.807) is 37.3 Å². The fourth-order valence-electron chi connectivity index (χ4n) is 4.70. The van der Waals surface area contributed by atoms with Crippen LogP contribution in [0.4, 0.5) is 11.4 Å². The van der Waals surface area contributed by atoms with Crippen LogP contribution in [-0.4, -0.2) is 66.4 Å². The van der Waals surface area contributed by atoms with Crippen LogP contribution >= 0.6 is 11.6 Å². The van der Waals surface area contributed by atoms with E-state index in [2.05, 4.69) is 11.9 Å². The van der Waals surface area contributed by atoms with Gasteiger partial charge >= 0.3 is 5.97 Å². The molecule has 240 valence electrons. The first-order chi connectivity index (χ1) is 21.4. The van der Waals surface area contributed by atoms with Gasteiger partial charge in [0.1, 0.15) is 5.75 Å². The SMILES string of the molecule is C=CCN(c1ccc(OC)cc1)S(=O)(=O)c1ccc(Cl)c(C(=O)OCC(=O)Nc2cc(S(=O)(=O)N3CCCCC3)ccc2C)c1. The molecule has 0 radical (unpaired) electrons. The number of halogens is 1. The number of benzene rings is 3. The molecule has 14 heteroatoms. The number of esters is 1. The molecule has 0 atom stereocenters. The number of methoxy groups -OCH3 is 1. The molecule has 11 nitrogen and oxygen atoms in total. The number of nitrogens with one attached hydrogen (secondary N) is 1. The molecule has 45 heavy (non-hydrogen) atoms. The number of sulfonamides is 2. The lowest BCUT2D eigenvalue weighted by Crippen LogP contribution is -2.35. The molecule has 3 aromatic rings. The number of anilines is 2. The van der Waals surface area contributed by atoms with Gasteiger partial charge in [-0.15, -0.1) is 6.58 Å². The van der Waals surface area contributed by atoms with E-state index in [4.69, 9.17) is 21.1 Å². The molecule has 0 unspecified atom stereocenters. The Morgan fingerprint density at radius 3 is 2.29 bits per heavy atom. The molecule has 1 aliphatic rings. The number of nitrogens with zero attached hydrogens (tertiary/aromatic N) is 2. The molecule has 1 N–H and O–H groups in total. The van der Waals surface area contributed by atoms with Gasteiger partial charge in [0.25, 0.3) is 15.9 Å². The number of hydrogen-bond acceptors (Lipinski definition) is 8. The average molecular weight is 676 g/mol. The number of carbonyl (C=O) groups excluding carboxylic acids is 2. The van der Waals surface area contributed by atoms with Crippen molar-refractivity contribution in [2.24, 2.45) is 0 Å². The van der Waals surface area contributed by atoms with Crippen molar-refractivity contribution in [1.82, 2.24) is 4.31 Å². The summed E-state index contributed by atoms with van der Waals surface area (Å²) in [4.78, 5) is 25.5. The third kappa shape index (κ3) is 7.85. The van der Waals surface area contributed by atoms with Crippen LogP contribution in [0.5, 0.6) is 5.75 Å². The summed E-state index contributed by atoms with van der Waals surface area (Å²) in [6.45, 7) is 5.43. The van der Waals surface area contributed by atoms with Gasteiger partial charge in [-0.2, -0.15) is 4.31 Å². The van der Waals surface area contributed by atoms with E-state index in [1.807, 2.05) is 0 Å². The molecule has 4 rings (SSSR count). The molecular formula is C31H34ClN3O8S2. The normalized spacial score (nSPS) is 13.9. The van der Waals surface area contributed by atoms with Crippen LogP contribution in [0.1, 0.15) is 35.2 Å². The minimum atomic E-state index is -4.19. The molecule has 1 aliphatic heterocycles. The second kappa shape index (κ2) is 14.5. The van der Waals surface area contributed by atoms with Crippen molar-refractivity contribution in [3.8, 4) is 5.75 Å². The van der Waals surface area contributed by atoms with E-state index in [9.17, 15) is 26.4 Å². The van der Waals surface area contributed by atoms with Crippen molar-refractivity contribution in [2.45, 2.75) is 36.0 Å². The predicted octanol–water partition coefficient (Wildman–Crippen LogP) is 5.01. The lowest BCUT2D eigenvalue weighted by atomic mass is 10.2. The van der Waals surface area contributed by atoms with Crippen LogP contribution in [0.3, 0.4) is 0 Å². The van der Waals surface area contributed by atoms with Crippen molar-refractivity contribution < 1.29 is 35.9 Å². The van der Waals surface area contributed by atoms with E-state index in [0.717, 1.165) is 29.6 Å². The Kier molecular flexibility index (Phi) is 10.9. The maximum absolute atomic E-state index is 13.6. The molecule has 3 aromatic carbocycles. The molecule has 1 saturated heterocycles. The van der Waals surface area contributed by atoms with E-state index in [1.165, 1.54) is 41.8 Å². The van der Waals surface area contributed by atoms with Crippen molar-refractivity contribution >= 4 is 54.9 Å². The number of rotatable bonds is 12. The average Bonchev–Trinajstić information content (AvgIpc) is 3.04. The number of ether oxygens (including phenoxy) is 2. The van der Waals surface area contributed by atoms with Crippen LogP contribution < -0.4 is 14.4 Å². The van der Waals surface area contributed by atoms with E-state index >= 15 is 0 Å². The van der Waals surface area contributed by atoms with Crippen molar-refractivity contribution in [3.05, 3.63) is 89.5 Å². The summed E-state index contributed by atoms with van der Waals surface area (Å²) in [6.07, 6.45) is 3.97. The summed E-state index contributed by atoms with van der Waals surface area (Å²) >= 11 is 6.22. The lowest BCUT2D eigenvalue weighted by molar-refractivity contribution is -0.119. The highest BCUT2D eigenvalue weighted by atomic mass is 35.5. The highest BCUT2D eigenvalue weighted by Gasteiger charge is 2.28. The predicted molar refractivity (Wildman–Crippen MR) is 172 cm³/mol. The first-order valence-corrected chi connectivity index (χ1v) is 17.3. The van der Waals surface area contributed by atoms with Gasteiger partial charge in [0.2, 0.25) is 10.0 Å². The molecule has 0 spiro atoms. The van der Waals surface area contributed by atoms with Crippen molar-refractivity contribution in [2.75, 3.05) is 43.0 Å². The molecule has 1 fully saturated rings. The zero-order chi connectivity index (χ0) is 32.8. The molecule has 0 aliphatic carbocycles. The fraction of sp³-hybridized carbons (Fsp3) is 0.290. The summed E-state index contributed by atoms with van der Waals surface area (Å²) in [5.74, 6) is -1.21. The third-order valence-electron chi connectivity index (χ3n) is 7.17. The maximum atomic E-state index is 13.6. The standard InChI is InChI=1S/C31H34ClN3O8S2/c1-4-16-35(23-9-11-24(42-3)12-10-23)45(40,41)25-14-15-28(32)27(19-25)31(37)43-21-30(36)33-29-20-26(13-8-22(29)2)44(38,39)34-17-6-5-7-18-34/h4,8-15,19-20H,1,5-7,16-18,21H2,2-3H3,(H,33,36). The summed E-state index contributed by atoms with van der Waals surface area (Å²) in [6, 6.07) is 14.4. The molecule has 0 bridgehead atoms. The lowest BCUT2D eigenvalue weighted by Gasteiger charge is -2.26. The maximum Gasteiger partial charge on any atom is 0.340 e. The zero-order valence-electron chi connectivity index (χ0n) is 24.9. The van der Waals surface area contributed by atoms with Gasteiger partial charge < -0.3 is 14.8 Å². The van der Waals surface area contributed by atoms with Crippen LogP contribution in [0.15, 0.2) is 83.1 Å². The minimum Gasteiger partial charge on any atom is -0.497 e. The highest BCUT2D eigenvalue weighted by molar-refractivity contribution is 7.92. The minimum absolute atomic E-state index is 0.0484. The second-order valence-corrected chi connectivity index (χ2v) is 14.4. The smallest absolute Gasteiger partial charge is 0.340 e. The number of amides is 1. The number of carbonyl (C=O) groups is 2. The number of aryl methyl sites for hydroxylation is 1. The van der Waals surface area contributed by atoms with Gasteiger partial charge in [-0.25, -0.2) is 21.6 Å². The van der Waals surface area contributed by atoms with Crippen LogP contribution in [0.25, 0.3) is 0 Å². The van der Waals surface area contributed by atoms with E-state index < -0.39 is 38.5 Å². The van der Waals surface area contributed by atoms with Crippen LogP contribution in [0, 0.1) is 6.92 Å². The Bertz CT molecular complexity index is 1790. The molecular weight excluding hydrogens is 642 g/mol. The first-order valence-electron chi connectivity index (χ1n) is 14.0. The summed E-state index contributed by atoms with van der Waals surface area (Å²) in [5, 5.41) is 2.51. The van der Waals surface area contributed by atoms with Gasteiger partial charge in [-0.1, -0.05) is 30.2 Å². The zero-order valence-corrected chi connectivity index (χ0v) is 27.3. The Hall–Kier alpha value is -3.91. The molecule has 1 amide bonds. The second-order valence-electron chi connectivity index (χ2n) is 10.2. The van der Waals surface area contributed by atoms with Gasteiger partial charge in [0.05, 0.1) is 39.7 Å². The van der Waals surface area contributed by atoms with Gasteiger partial charge in [0.15, 0.2) is 6.61 Å². The number of piperidine rings is 1. The Morgan fingerprint density at radius 1 is 0.978 bits per heavy atom. The Balaban J connectivity index is 1.48. The number of hydrogen-bond donors (Lipinski definition) is 1. The van der Waals surface area contributed by atoms with Gasteiger partial charge in [0, 0.05) is 18.8 Å². The largest absolute Gasteiger partial charge is 0.497 e. The summed E-state index contributed by atoms with van der Waals surface area (Å²) in [5.41, 5.74) is 0.939. The highest BCUT2D eigenvalue weighted by Crippen LogP contribution is 2.29. The summed E-state index contributed by atoms with van der Waals surface area (Å²) < 4.78 is 66.3. The molecule has 0 aromatic heterocycles. The Labute approximate surface area is 268 Å². The van der Waals surface area contributed by atoms with Gasteiger partial charge in [-0.05, 0) is 79.9 Å². The van der Waals surface area contributed by atoms with E-state index in [0.29, 0.717) is 30.1 Å². The molecule has 0 saturated carbocycles. The quantitative estimate of drug-likeness (QED) is 0.209. The molecule has 1 heterocycles. The topological polar surface area (TPSA) is 139 Å². The fourth-order valence-corrected chi connectivity index (χ4v) is 7.90. The van der Waals surface area contributed by atoms with Crippen molar-refractivity contribution in [3.63, 3.8) is 0 Å². The first kappa shape index (κ1) is 34.0. The van der Waals surface area contributed by atoms with Crippen LogP contribution in [-0.2, 0) is 29.6 Å². The van der Waals surface area contributed by atoms with Gasteiger partial charge in [-0.3, -0.25) is 9.10 Å². The summed E-state index contributed by atoms with van der Waals surface area (Å²) in [7, 11) is -6.43.